The van der Waals surface area contributed by atoms with Crippen molar-refractivity contribution in [3.63, 3.8) is 0 Å². The van der Waals surface area contributed by atoms with Gasteiger partial charge in [0.15, 0.2) is 0 Å². The number of hydrogen-bond acceptors (Lipinski definition) is 3. The number of nitrogens with one attached hydrogen (secondary N) is 1. The van der Waals surface area contributed by atoms with Crippen LogP contribution in [0, 0.1) is 12.8 Å². The first kappa shape index (κ1) is 14.3. The zero-order valence-corrected chi connectivity index (χ0v) is 13.3. The number of aryl methyl sites for hydroxylation is 2. The van der Waals surface area contributed by atoms with Gasteiger partial charge in [-0.2, -0.15) is 0 Å². The van der Waals surface area contributed by atoms with Crippen LogP contribution >= 0.6 is 11.3 Å². The number of thiophene rings is 1. The highest BCUT2D eigenvalue weighted by molar-refractivity contribution is 7.14. The summed E-state index contributed by atoms with van der Waals surface area (Å²) >= 11 is 1.64. The van der Waals surface area contributed by atoms with Crippen LogP contribution in [0.4, 0.5) is 5.82 Å². The van der Waals surface area contributed by atoms with Crippen LogP contribution in [0.15, 0.2) is 24.3 Å². The summed E-state index contributed by atoms with van der Waals surface area (Å²) < 4.78 is 0. The van der Waals surface area contributed by atoms with Gasteiger partial charge in [0.1, 0.15) is 5.82 Å². The normalized spacial score (nSPS) is 17.3. The topological polar surface area (TPSA) is 42.0 Å². The van der Waals surface area contributed by atoms with Crippen LogP contribution in [0.5, 0.6) is 0 Å². The molecule has 1 atom stereocenters. The summed E-state index contributed by atoms with van der Waals surface area (Å²) in [6.07, 6.45) is 4.72. The molecule has 3 nitrogen and oxygen atoms in total. The summed E-state index contributed by atoms with van der Waals surface area (Å²) in [4.78, 5) is 18.9. The Kier molecular flexibility index (Phi) is 4.06. The monoisotopic (exact) mass is 300 g/mol. The minimum atomic E-state index is -0.0412. The Morgan fingerprint density at radius 2 is 2.33 bits per heavy atom. The quantitative estimate of drug-likeness (QED) is 0.922. The lowest BCUT2D eigenvalue weighted by Crippen LogP contribution is -2.12. The van der Waals surface area contributed by atoms with Crippen molar-refractivity contribution < 1.29 is 4.79 Å². The van der Waals surface area contributed by atoms with E-state index in [1.165, 1.54) is 23.3 Å². The lowest BCUT2D eigenvalue weighted by molar-refractivity contribution is 0.103. The maximum absolute atomic E-state index is 12.4. The van der Waals surface area contributed by atoms with Crippen molar-refractivity contribution in [2.24, 2.45) is 5.92 Å². The minimum Gasteiger partial charge on any atom is -0.306 e. The van der Waals surface area contributed by atoms with E-state index in [4.69, 9.17) is 0 Å². The molecule has 0 saturated carbocycles. The van der Waals surface area contributed by atoms with Crippen LogP contribution in [-0.2, 0) is 12.8 Å². The Bertz CT molecular complexity index is 663. The van der Waals surface area contributed by atoms with Gasteiger partial charge in [-0.3, -0.25) is 4.79 Å². The summed E-state index contributed by atoms with van der Waals surface area (Å²) in [6.45, 7) is 4.17. The zero-order chi connectivity index (χ0) is 14.8. The maximum Gasteiger partial charge on any atom is 0.266 e. The van der Waals surface area contributed by atoms with Gasteiger partial charge < -0.3 is 5.32 Å². The van der Waals surface area contributed by atoms with Gasteiger partial charge in [-0.05, 0) is 55.9 Å². The Labute approximate surface area is 129 Å². The molecular weight excluding hydrogens is 280 g/mol. The lowest BCUT2D eigenvalue weighted by Gasteiger charge is -2.19. The smallest absolute Gasteiger partial charge is 0.266 e. The van der Waals surface area contributed by atoms with Crippen molar-refractivity contribution in [2.45, 2.75) is 39.5 Å². The highest BCUT2D eigenvalue weighted by Gasteiger charge is 2.22. The van der Waals surface area contributed by atoms with Gasteiger partial charge in [-0.25, -0.2) is 4.98 Å². The van der Waals surface area contributed by atoms with E-state index in [1.54, 1.807) is 11.3 Å². The molecule has 0 spiro atoms. The molecule has 21 heavy (non-hydrogen) atoms. The number of amides is 1. The second kappa shape index (κ2) is 5.98. The second-order valence-electron chi connectivity index (χ2n) is 5.69. The molecule has 2 aromatic heterocycles. The largest absolute Gasteiger partial charge is 0.306 e. The number of fused-ring (bicyclic) bond motifs is 1. The first-order valence-corrected chi connectivity index (χ1v) is 8.34. The van der Waals surface area contributed by atoms with Crippen LogP contribution in [-0.4, -0.2) is 10.9 Å². The number of anilines is 1. The molecule has 2 aromatic rings. The predicted molar refractivity (Wildman–Crippen MR) is 87.1 cm³/mol. The molecular formula is C17H20N2OS. The number of carbonyl (C=O) groups is 1. The third-order valence-corrected chi connectivity index (χ3v) is 5.35. The van der Waals surface area contributed by atoms with Crippen molar-refractivity contribution in [2.75, 3.05) is 5.32 Å². The van der Waals surface area contributed by atoms with Gasteiger partial charge in [-0.1, -0.05) is 19.4 Å². The first-order valence-electron chi connectivity index (χ1n) is 7.52. The highest BCUT2D eigenvalue weighted by atomic mass is 32.1. The van der Waals surface area contributed by atoms with E-state index >= 15 is 0 Å². The van der Waals surface area contributed by atoms with Crippen LogP contribution in [0.2, 0.25) is 0 Å². The average Bonchev–Trinajstić information content (AvgIpc) is 2.90. The zero-order valence-electron chi connectivity index (χ0n) is 12.5. The Hall–Kier alpha value is -1.68. The standard InChI is InChI=1S/C17H20N2OS/c1-3-12-7-8-14-13(9-12)10-15(21-14)17(20)19-16-6-4-5-11(2)18-16/h4-6,10,12H,3,7-9H2,1-2H3,(H,18,19,20)/t12-/m1/s1. The van der Waals surface area contributed by atoms with E-state index in [0.29, 0.717) is 5.82 Å². The fourth-order valence-electron chi connectivity index (χ4n) is 2.85. The summed E-state index contributed by atoms with van der Waals surface area (Å²) in [5.74, 6) is 1.36. The summed E-state index contributed by atoms with van der Waals surface area (Å²) in [6, 6.07) is 7.73. The van der Waals surface area contributed by atoms with Gasteiger partial charge in [0.25, 0.3) is 5.91 Å². The summed E-state index contributed by atoms with van der Waals surface area (Å²) in [7, 11) is 0. The molecule has 1 N–H and O–H groups in total. The van der Waals surface area contributed by atoms with Crippen LogP contribution in [0.3, 0.4) is 0 Å². The maximum atomic E-state index is 12.4. The fourth-order valence-corrected chi connectivity index (χ4v) is 3.95. The number of carbonyl (C=O) groups excluding carboxylic acids is 1. The Morgan fingerprint density at radius 1 is 1.48 bits per heavy atom. The number of rotatable bonds is 3. The van der Waals surface area contributed by atoms with Gasteiger partial charge in [-0.15, -0.1) is 11.3 Å². The molecule has 0 radical (unpaired) electrons. The van der Waals surface area contributed by atoms with Crippen molar-refractivity contribution >= 4 is 23.1 Å². The SMILES string of the molecule is CC[C@@H]1CCc2sc(C(=O)Nc3cccc(C)n3)cc2C1. The van der Waals surface area contributed by atoms with E-state index in [9.17, 15) is 4.79 Å². The van der Waals surface area contributed by atoms with E-state index in [2.05, 4.69) is 23.3 Å². The molecule has 3 rings (SSSR count). The number of nitrogens with zero attached hydrogens (tertiary/aromatic N) is 1. The van der Waals surface area contributed by atoms with Gasteiger partial charge in [0, 0.05) is 10.6 Å². The number of aromatic nitrogens is 1. The van der Waals surface area contributed by atoms with Crippen LogP contribution < -0.4 is 5.32 Å². The van der Waals surface area contributed by atoms with E-state index in [1.807, 2.05) is 25.1 Å². The number of pyridine rings is 1. The molecule has 4 heteroatoms. The molecule has 1 aliphatic carbocycles. The van der Waals surface area contributed by atoms with E-state index in [0.717, 1.165) is 29.3 Å². The highest BCUT2D eigenvalue weighted by Crippen LogP contribution is 2.33. The molecule has 0 saturated heterocycles. The Morgan fingerprint density at radius 3 is 3.10 bits per heavy atom. The third-order valence-electron chi connectivity index (χ3n) is 4.12. The predicted octanol–water partition coefficient (Wildman–Crippen LogP) is 4.22. The Balaban J connectivity index is 1.75. The molecule has 110 valence electrons. The minimum absolute atomic E-state index is 0.0412. The molecule has 0 bridgehead atoms. The van der Waals surface area contributed by atoms with E-state index < -0.39 is 0 Å². The second-order valence-corrected chi connectivity index (χ2v) is 6.83. The molecule has 0 aromatic carbocycles. The molecule has 0 fully saturated rings. The molecule has 2 heterocycles. The van der Waals surface area contributed by atoms with E-state index in [-0.39, 0.29) is 5.91 Å². The van der Waals surface area contributed by atoms with Crippen molar-refractivity contribution in [1.82, 2.24) is 4.98 Å². The summed E-state index contributed by atoms with van der Waals surface area (Å²) in [5.41, 5.74) is 2.28. The van der Waals surface area contributed by atoms with Gasteiger partial charge >= 0.3 is 0 Å². The number of hydrogen-bond donors (Lipinski definition) is 1. The molecule has 0 aliphatic heterocycles. The van der Waals surface area contributed by atoms with Crippen molar-refractivity contribution in [1.29, 1.82) is 0 Å². The summed E-state index contributed by atoms with van der Waals surface area (Å²) in [5, 5.41) is 2.89. The van der Waals surface area contributed by atoms with Crippen LogP contribution in [0.1, 0.15) is 45.6 Å². The molecule has 0 unspecified atom stereocenters. The van der Waals surface area contributed by atoms with Gasteiger partial charge in [0.05, 0.1) is 4.88 Å². The van der Waals surface area contributed by atoms with Crippen molar-refractivity contribution in [3.8, 4) is 0 Å². The van der Waals surface area contributed by atoms with Crippen LogP contribution in [0.25, 0.3) is 0 Å². The third kappa shape index (κ3) is 3.16. The molecule has 1 aliphatic rings. The van der Waals surface area contributed by atoms with Gasteiger partial charge in [0.2, 0.25) is 0 Å². The average molecular weight is 300 g/mol. The van der Waals surface area contributed by atoms with Crippen molar-refractivity contribution in [3.05, 3.63) is 45.3 Å². The lowest BCUT2D eigenvalue weighted by atomic mass is 9.87. The first-order chi connectivity index (χ1) is 10.2. The fraction of sp³-hybridized carbons (Fsp3) is 0.412. The molecule has 1 amide bonds.